The van der Waals surface area contributed by atoms with Crippen LogP contribution in [-0.2, 0) is 0 Å². The molecule has 0 bridgehead atoms. The SMILES string of the molecule is CC(C)CNn1c(=O)c(C2=NS(O)(O)c3ccccc3N2)c(O)c2ccccc21. The quantitative estimate of drug-likeness (QED) is 0.443. The molecule has 0 saturated heterocycles. The molecule has 0 aliphatic carbocycles. The monoisotopic (exact) mass is 414 g/mol. The molecule has 4 rings (SSSR count). The molecule has 0 amide bonds. The van der Waals surface area contributed by atoms with Gasteiger partial charge in [0.05, 0.1) is 11.2 Å². The normalized spacial score (nSPS) is 16.1. The van der Waals surface area contributed by atoms with Gasteiger partial charge >= 0.3 is 0 Å². The predicted octanol–water partition coefficient (Wildman–Crippen LogP) is 3.80. The minimum absolute atomic E-state index is 0.0861. The molecule has 0 fully saturated rings. The van der Waals surface area contributed by atoms with Crippen molar-refractivity contribution in [2.45, 2.75) is 18.7 Å². The third-order valence-electron chi connectivity index (χ3n) is 4.60. The molecular formula is C20H22N4O4S. The lowest BCUT2D eigenvalue weighted by Gasteiger charge is -2.34. The van der Waals surface area contributed by atoms with Crippen LogP contribution in [0, 0.1) is 5.92 Å². The van der Waals surface area contributed by atoms with Crippen LogP contribution in [0.3, 0.4) is 0 Å². The maximum absolute atomic E-state index is 13.3. The zero-order chi connectivity index (χ0) is 20.8. The molecule has 1 aromatic heterocycles. The van der Waals surface area contributed by atoms with E-state index in [1.54, 1.807) is 48.5 Å². The lowest BCUT2D eigenvalue weighted by Crippen LogP contribution is -2.37. The maximum atomic E-state index is 13.3. The fourth-order valence-electron chi connectivity index (χ4n) is 3.21. The first-order chi connectivity index (χ1) is 13.8. The predicted molar refractivity (Wildman–Crippen MR) is 117 cm³/mol. The van der Waals surface area contributed by atoms with Crippen molar-refractivity contribution in [1.29, 1.82) is 0 Å². The van der Waals surface area contributed by atoms with Gasteiger partial charge in [-0.2, -0.15) is 0 Å². The van der Waals surface area contributed by atoms with Crippen LogP contribution >= 0.6 is 10.8 Å². The highest BCUT2D eigenvalue weighted by atomic mass is 32.3. The average molecular weight is 414 g/mol. The number of hydrogen-bond donors (Lipinski definition) is 5. The summed E-state index contributed by atoms with van der Waals surface area (Å²) in [7, 11) is -3.52. The van der Waals surface area contributed by atoms with E-state index in [1.807, 2.05) is 13.8 Å². The Bertz CT molecular complexity index is 1190. The molecule has 0 unspecified atom stereocenters. The zero-order valence-corrected chi connectivity index (χ0v) is 16.8. The van der Waals surface area contributed by atoms with Crippen LogP contribution in [0.15, 0.2) is 62.6 Å². The molecule has 152 valence electrons. The van der Waals surface area contributed by atoms with Gasteiger partial charge in [-0.3, -0.25) is 13.9 Å². The Hall–Kier alpha value is -3.01. The Morgan fingerprint density at radius 1 is 1.14 bits per heavy atom. The van der Waals surface area contributed by atoms with Crippen molar-refractivity contribution >= 4 is 33.2 Å². The van der Waals surface area contributed by atoms with E-state index in [9.17, 15) is 19.0 Å². The van der Waals surface area contributed by atoms with E-state index < -0.39 is 16.3 Å². The lowest BCUT2D eigenvalue weighted by molar-refractivity contribution is 0.477. The lowest BCUT2D eigenvalue weighted by atomic mass is 10.1. The fourth-order valence-corrected chi connectivity index (χ4v) is 4.38. The van der Waals surface area contributed by atoms with Crippen molar-refractivity contribution in [3.63, 3.8) is 0 Å². The summed E-state index contributed by atoms with van der Waals surface area (Å²) in [5.74, 6) is -0.0759. The van der Waals surface area contributed by atoms with Gasteiger partial charge in [0.1, 0.15) is 16.2 Å². The van der Waals surface area contributed by atoms with Crippen molar-refractivity contribution in [2.24, 2.45) is 10.3 Å². The van der Waals surface area contributed by atoms with Crippen molar-refractivity contribution in [3.8, 4) is 5.75 Å². The number of para-hydroxylation sites is 2. The molecule has 5 N–H and O–H groups in total. The molecule has 9 heteroatoms. The third kappa shape index (κ3) is 3.33. The Labute approximate surface area is 169 Å². The summed E-state index contributed by atoms with van der Waals surface area (Å²) in [6.07, 6.45) is 0. The van der Waals surface area contributed by atoms with E-state index in [0.717, 1.165) is 0 Å². The van der Waals surface area contributed by atoms with Gasteiger partial charge in [-0.05, 0) is 30.2 Å². The number of aromatic nitrogens is 1. The van der Waals surface area contributed by atoms with Gasteiger partial charge in [-0.15, -0.1) is 4.40 Å². The van der Waals surface area contributed by atoms with Gasteiger partial charge in [0.15, 0.2) is 5.84 Å². The number of amidine groups is 1. The standard InChI is InChI=1S/C20H22N4O4S/c1-12(2)11-21-24-15-9-5-3-7-13(15)18(25)17(20(24)26)19-22-14-8-4-6-10-16(14)29(27,28)23-19/h3-10,12,21,25,27-28H,11H2,1-2H3,(H,22,23). The van der Waals surface area contributed by atoms with Gasteiger partial charge in [-0.1, -0.05) is 48.9 Å². The molecule has 1 aliphatic heterocycles. The first-order valence-corrected chi connectivity index (χ1v) is 10.6. The van der Waals surface area contributed by atoms with Crippen molar-refractivity contribution in [2.75, 3.05) is 17.3 Å². The number of pyridine rings is 1. The number of rotatable bonds is 4. The third-order valence-corrected chi connectivity index (χ3v) is 5.99. The Balaban J connectivity index is 1.95. The molecule has 8 nitrogen and oxygen atoms in total. The summed E-state index contributed by atoms with van der Waals surface area (Å²) in [4.78, 5) is 13.5. The zero-order valence-electron chi connectivity index (χ0n) is 16.0. The van der Waals surface area contributed by atoms with E-state index >= 15 is 0 Å². The van der Waals surface area contributed by atoms with Gasteiger partial charge in [0.2, 0.25) is 0 Å². The number of fused-ring (bicyclic) bond motifs is 2. The van der Waals surface area contributed by atoms with E-state index in [1.165, 1.54) is 4.68 Å². The Morgan fingerprint density at radius 2 is 1.83 bits per heavy atom. The van der Waals surface area contributed by atoms with Crippen LogP contribution in [0.2, 0.25) is 0 Å². The number of nitrogens with one attached hydrogen (secondary N) is 2. The van der Waals surface area contributed by atoms with Crippen LogP contribution in [0.4, 0.5) is 5.69 Å². The van der Waals surface area contributed by atoms with Gasteiger partial charge in [0, 0.05) is 11.9 Å². The summed E-state index contributed by atoms with van der Waals surface area (Å²) in [5.41, 5.74) is 3.36. The number of benzene rings is 2. The fraction of sp³-hybridized carbons (Fsp3) is 0.200. The van der Waals surface area contributed by atoms with Crippen molar-refractivity contribution < 1.29 is 14.2 Å². The van der Waals surface area contributed by atoms with E-state index in [4.69, 9.17) is 0 Å². The van der Waals surface area contributed by atoms with E-state index in [2.05, 4.69) is 15.1 Å². The van der Waals surface area contributed by atoms with Gasteiger partial charge in [-0.25, -0.2) is 4.68 Å². The molecule has 29 heavy (non-hydrogen) atoms. The smallest absolute Gasteiger partial charge is 0.284 e. The van der Waals surface area contributed by atoms with E-state index in [0.29, 0.717) is 23.1 Å². The van der Waals surface area contributed by atoms with E-state index in [-0.39, 0.29) is 28.0 Å². The second-order valence-electron chi connectivity index (χ2n) is 7.22. The minimum Gasteiger partial charge on any atom is -0.506 e. The van der Waals surface area contributed by atoms with Crippen LogP contribution in [0.5, 0.6) is 5.75 Å². The molecular weight excluding hydrogens is 392 g/mol. The number of hydrogen-bond acceptors (Lipinski definition) is 7. The number of nitrogens with zero attached hydrogens (tertiary/aromatic N) is 2. The summed E-state index contributed by atoms with van der Waals surface area (Å²) >= 11 is 0. The first kappa shape index (κ1) is 19.3. The van der Waals surface area contributed by atoms with Crippen LogP contribution in [-0.4, -0.2) is 31.3 Å². The Morgan fingerprint density at radius 3 is 2.59 bits per heavy atom. The second-order valence-corrected chi connectivity index (χ2v) is 8.88. The topological polar surface area (TPSA) is 119 Å². The molecule has 0 spiro atoms. The summed E-state index contributed by atoms with van der Waals surface area (Å²) < 4.78 is 26.4. The maximum Gasteiger partial charge on any atom is 0.284 e. The molecule has 0 atom stereocenters. The molecule has 1 aliphatic rings. The first-order valence-electron chi connectivity index (χ1n) is 9.15. The highest BCUT2D eigenvalue weighted by Gasteiger charge is 2.30. The molecule has 3 aromatic rings. The Kier molecular flexibility index (Phi) is 4.73. The molecule has 2 heterocycles. The average Bonchev–Trinajstić information content (AvgIpc) is 2.67. The highest BCUT2D eigenvalue weighted by Crippen LogP contribution is 2.55. The van der Waals surface area contributed by atoms with Crippen molar-refractivity contribution in [3.05, 3.63) is 64.4 Å². The minimum atomic E-state index is -3.52. The van der Waals surface area contributed by atoms with Crippen LogP contribution in [0.25, 0.3) is 10.9 Å². The molecule has 0 radical (unpaired) electrons. The largest absolute Gasteiger partial charge is 0.506 e. The summed E-state index contributed by atoms with van der Waals surface area (Å²) in [5, 5.41) is 14.3. The molecule has 0 saturated carbocycles. The van der Waals surface area contributed by atoms with Crippen LogP contribution < -0.4 is 16.3 Å². The number of aromatic hydroxyl groups is 1. The van der Waals surface area contributed by atoms with Gasteiger partial charge in [0.25, 0.3) is 5.56 Å². The van der Waals surface area contributed by atoms with Crippen LogP contribution in [0.1, 0.15) is 19.4 Å². The summed E-state index contributed by atoms with van der Waals surface area (Å²) in [6.45, 7) is 4.56. The second kappa shape index (κ2) is 7.11. The van der Waals surface area contributed by atoms with Crippen molar-refractivity contribution in [1.82, 2.24) is 4.68 Å². The van der Waals surface area contributed by atoms with Gasteiger partial charge < -0.3 is 15.8 Å². The highest BCUT2D eigenvalue weighted by molar-refractivity contribution is 8.23. The molecule has 2 aromatic carbocycles. The number of anilines is 1. The summed E-state index contributed by atoms with van der Waals surface area (Å²) in [6, 6.07) is 13.6.